The van der Waals surface area contributed by atoms with Gasteiger partial charge in [0.15, 0.2) is 5.82 Å². The number of carbonyl (C=O) groups is 1. The first-order valence-corrected chi connectivity index (χ1v) is 12.9. The van der Waals surface area contributed by atoms with E-state index in [0.717, 1.165) is 6.20 Å². The predicted octanol–water partition coefficient (Wildman–Crippen LogP) is 3.95. The number of aromatic nitrogens is 3. The van der Waals surface area contributed by atoms with Crippen LogP contribution < -0.4 is 15.7 Å². The van der Waals surface area contributed by atoms with Crippen molar-refractivity contribution in [3.63, 3.8) is 0 Å². The number of rotatable bonds is 6. The fourth-order valence-electron chi connectivity index (χ4n) is 4.39. The number of ether oxygens (including phenoxy) is 1. The van der Waals surface area contributed by atoms with Crippen LogP contribution in [0.2, 0.25) is 0 Å². The lowest BCUT2D eigenvalue weighted by Gasteiger charge is -2.30. The predicted molar refractivity (Wildman–Crippen MR) is 130 cm³/mol. The van der Waals surface area contributed by atoms with Gasteiger partial charge in [0, 0.05) is 23.4 Å². The van der Waals surface area contributed by atoms with Gasteiger partial charge in [-0.3, -0.25) is 23.0 Å². The van der Waals surface area contributed by atoms with Crippen LogP contribution in [-0.4, -0.2) is 52.8 Å². The molecule has 3 heterocycles. The average Bonchev–Trinajstić information content (AvgIpc) is 3.20. The standard InChI is InChI=1S/C23H29FN4O5S/c1-5-33-20-11-18(16(24)12-25-20)28-17-7-6-15(10-19(17)27(14(2)3)22(28)30)21(29)26-23(4)8-9-34(31,32)13-23/h6-7,10-12,14,31-32H,5,8-9,13H2,1-4H3,(H,26,29). The van der Waals surface area contributed by atoms with Crippen LogP contribution in [0.1, 0.15) is 50.5 Å². The van der Waals surface area contributed by atoms with E-state index in [-0.39, 0.29) is 35.0 Å². The first-order valence-electron chi connectivity index (χ1n) is 11.1. The van der Waals surface area contributed by atoms with Crippen LogP contribution in [0.5, 0.6) is 5.88 Å². The molecular formula is C23H29FN4O5S. The van der Waals surface area contributed by atoms with E-state index in [9.17, 15) is 23.1 Å². The molecule has 2 aromatic heterocycles. The van der Waals surface area contributed by atoms with Crippen molar-refractivity contribution in [2.75, 3.05) is 18.1 Å². The van der Waals surface area contributed by atoms with Crippen LogP contribution in [0.4, 0.5) is 4.39 Å². The van der Waals surface area contributed by atoms with E-state index in [4.69, 9.17) is 4.74 Å². The molecule has 0 spiro atoms. The van der Waals surface area contributed by atoms with E-state index < -0.39 is 27.6 Å². The molecule has 1 aliphatic heterocycles. The summed E-state index contributed by atoms with van der Waals surface area (Å²) in [6, 6.07) is 5.89. The van der Waals surface area contributed by atoms with Gasteiger partial charge in [-0.15, -0.1) is 0 Å². The number of hydrogen-bond donors (Lipinski definition) is 3. The molecule has 1 unspecified atom stereocenters. The zero-order valence-electron chi connectivity index (χ0n) is 19.5. The number of nitrogens with one attached hydrogen (secondary N) is 1. The summed E-state index contributed by atoms with van der Waals surface area (Å²) in [7, 11) is -2.69. The van der Waals surface area contributed by atoms with Gasteiger partial charge >= 0.3 is 5.69 Å². The Kier molecular flexibility index (Phi) is 6.21. The van der Waals surface area contributed by atoms with Crippen LogP contribution in [0, 0.1) is 5.82 Å². The number of nitrogens with zero attached hydrogens (tertiary/aromatic N) is 3. The molecule has 3 N–H and O–H groups in total. The molecule has 0 saturated carbocycles. The molecule has 3 aromatic rings. The molecule has 1 fully saturated rings. The Balaban J connectivity index is 1.80. The van der Waals surface area contributed by atoms with E-state index in [1.54, 1.807) is 32.0 Å². The minimum absolute atomic E-state index is 0.00808. The fraction of sp³-hybridized carbons (Fsp3) is 0.435. The van der Waals surface area contributed by atoms with Crippen molar-refractivity contribution >= 4 is 27.5 Å². The highest BCUT2D eigenvalue weighted by atomic mass is 32.3. The highest BCUT2D eigenvalue weighted by molar-refractivity contribution is 8.24. The van der Waals surface area contributed by atoms with Crippen molar-refractivity contribution in [2.45, 2.75) is 45.7 Å². The van der Waals surface area contributed by atoms with E-state index in [2.05, 4.69) is 10.3 Å². The summed E-state index contributed by atoms with van der Waals surface area (Å²) in [6.07, 6.45) is 1.47. The zero-order valence-corrected chi connectivity index (χ0v) is 20.4. The summed E-state index contributed by atoms with van der Waals surface area (Å²) in [5, 5.41) is 2.91. The van der Waals surface area contributed by atoms with Crippen molar-refractivity contribution in [1.82, 2.24) is 19.4 Å². The molecule has 9 nitrogen and oxygen atoms in total. The number of imidazole rings is 1. The van der Waals surface area contributed by atoms with Gasteiger partial charge in [0.2, 0.25) is 5.88 Å². The number of carbonyl (C=O) groups excluding carboxylic acids is 1. The van der Waals surface area contributed by atoms with Gasteiger partial charge < -0.3 is 10.1 Å². The van der Waals surface area contributed by atoms with Gasteiger partial charge in [-0.05, 0) is 52.3 Å². The maximum absolute atomic E-state index is 14.8. The number of pyridine rings is 1. The zero-order chi connectivity index (χ0) is 24.8. The topological polar surface area (TPSA) is 119 Å². The SMILES string of the molecule is CCOc1cc(-n2c(=O)n(C(C)C)c3cc(C(=O)NC4(C)CCS(O)(O)C4)ccc32)c(F)cn1. The molecule has 184 valence electrons. The van der Waals surface area contributed by atoms with E-state index in [1.807, 2.05) is 13.8 Å². The average molecular weight is 493 g/mol. The number of amides is 1. The Morgan fingerprint density at radius 3 is 2.68 bits per heavy atom. The van der Waals surface area contributed by atoms with Crippen molar-refractivity contribution in [3.05, 3.63) is 52.3 Å². The summed E-state index contributed by atoms with van der Waals surface area (Å²) in [5.41, 5.74) is 0.0470. The molecule has 1 aromatic carbocycles. The largest absolute Gasteiger partial charge is 0.478 e. The van der Waals surface area contributed by atoms with Gasteiger partial charge in [-0.25, -0.2) is 14.2 Å². The summed E-state index contributed by atoms with van der Waals surface area (Å²) in [4.78, 5) is 30.3. The Morgan fingerprint density at radius 1 is 1.32 bits per heavy atom. The highest BCUT2D eigenvalue weighted by Gasteiger charge is 2.39. The monoisotopic (exact) mass is 492 g/mol. The Hall–Kier alpha value is -2.89. The quantitative estimate of drug-likeness (QED) is 0.480. The van der Waals surface area contributed by atoms with Crippen molar-refractivity contribution in [2.24, 2.45) is 0 Å². The van der Waals surface area contributed by atoms with Crippen LogP contribution in [0.15, 0.2) is 35.3 Å². The van der Waals surface area contributed by atoms with E-state index in [1.165, 1.54) is 15.2 Å². The molecule has 1 aliphatic rings. The third-order valence-corrected chi connectivity index (χ3v) is 7.90. The molecular weight excluding hydrogens is 463 g/mol. The maximum Gasteiger partial charge on any atom is 0.334 e. The normalized spacial score (nSPS) is 20.6. The van der Waals surface area contributed by atoms with Gasteiger partial charge in [-0.2, -0.15) is 10.6 Å². The third-order valence-electron chi connectivity index (χ3n) is 5.94. The smallest absolute Gasteiger partial charge is 0.334 e. The molecule has 4 rings (SSSR count). The van der Waals surface area contributed by atoms with Crippen molar-refractivity contribution < 1.29 is 23.0 Å². The molecule has 0 aliphatic carbocycles. The molecule has 34 heavy (non-hydrogen) atoms. The molecule has 0 bridgehead atoms. The minimum Gasteiger partial charge on any atom is -0.478 e. The van der Waals surface area contributed by atoms with E-state index in [0.29, 0.717) is 29.6 Å². The van der Waals surface area contributed by atoms with Crippen LogP contribution in [0.25, 0.3) is 16.7 Å². The summed E-state index contributed by atoms with van der Waals surface area (Å²) < 4.78 is 42.8. The van der Waals surface area contributed by atoms with Crippen molar-refractivity contribution in [1.29, 1.82) is 0 Å². The number of benzene rings is 1. The minimum atomic E-state index is -2.69. The second kappa shape index (κ2) is 8.71. The van der Waals surface area contributed by atoms with Crippen LogP contribution in [-0.2, 0) is 0 Å². The van der Waals surface area contributed by atoms with Gasteiger partial charge in [0.05, 0.1) is 40.8 Å². The molecule has 0 radical (unpaired) electrons. The molecule has 1 atom stereocenters. The third kappa shape index (κ3) is 4.42. The summed E-state index contributed by atoms with van der Waals surface area (Å²) >= 11 is 0. The lowest BCUT2D eigenvalue weighted by Crippen LogP contribution is -2.46. The lowest BCUT2D eigenvalue weighted by atomic mass is 10.0. The van der Waals surface area contributed by atoms with Gasteiger partial charge in [0.1, 0.15) is 0 Å². The molecule has 1 amide bonds. The second-order valence-electron chi connectivity index (χ2n) is 9.11. The Bertz CT molecular complexity index is 1320. The van der Waals surface area contributed by atoms with Crippen LogP contribution in [0.3, 0.4) is 0 Å². The van der Waals surface area contributed by atoms with E-state index >= 15 is 0 Å². The van der Waals surface area contributed by atoms with Gasteiger partial charge in [0.25, 0.3) is 5.91 Å². The van der Waals surface area contributed by atoms with Crippen molar-refractivity contribution in [3.8, 4) is 11.6 Å². The number of fused-ring (bicyclic) bond motifs is 1. The number of halogens is 1. The fourth-order valence-corrected chi connectivity index (χ4v) is 6.55. The first-order chi connectivity index (χ1) is 15.9. The Morgan fingerprint density at radius 2 is 2.06 bits per heavy atom. The van der Waals surface area contributed by atoms with Crippen LogP contribution >= 0.6 is 10.6 Å². The summed E-state index contributed by atoms with van der Waals surface area (Å²) in [5.74, 6) is -0.512. The first kappa shape index (κ1) is 24.2. The van der Waals surface area contributed by atoms with Gasteiger partial charge in [-0.1, -0.05) is 0 Å². The summed E-state index contributed by atoms with van der Waals surface area (Å²) in [6.45, 7) is 7.57. The second-order valence-corrected chi connectivity index (χ2v) is 11.4. The molecule has 1 saturated heterocycles. The number of hydrogen-bond acceptors (Lipinski definition) is 6. The Labute approximate surface area is 197 Å². The highest BCUT2D eigenvalue weighted by Crippen LogP contribution is 2.49. The lowest BCUT2D eigenvalue weighted by molar-refractivity contribution is 0.0915. The molecule has 11 heteroatoms. The maximum atomic E-state index is 14.8.